The number of halogens is 1. The summed E-state index contributed by atoms with van der Waals surface area (Å²) < 4.78 is 19.1. The van der Waals surface area contributed by atoms with Crippen LogP contribution in [0.25, 0.3) is 10.9 Å². The molecular formula is C20H19FN4O2. The van der Waals surface area contributed by atoms with Crippen molar-refractivity contribution in [2.24, 2.45) is 0 Å². The molecule has 6 nitrogen and oxygen atoms in total. The normalized spacial score (nSPS) is 14.4. The quantitative estimate of drug-likeness (QED) is 0.713. The number of hydrogen-bond acceptors (Lipinski definition) is 5. The molecule has 7 heteroatoms. The zero-order chi connectivity index (χ0) is 18.8. The van der Waals surface area contributed by atoms with Crippen LogP contribution in [0.1, 0.15) is 10.4 Å². The number of carbonyl (C=O) groups excluding carboxylic acids is 1. The van der Waals surface area contributed by atoms with Crippen molar-refractivity contribution >= 4 is 22.6 Å². The molecule has 1 saturated heterocycles. The van der Waals surface area contributed by atoms with Crippen LogP contribution in [0.3, 0.4) is 0 Å². The van der Waals surface area contributed by atoms with E-state index in [1.165, 1.54) is 12.4 Å². The lowest BCUT2D eigenvalue weighted by molar-refractivity contribution is 0.0746. The molecule has 0 bridgehead atoms. The molecule has 1 aliphatic heterocycles. The van der Waals surface area contributed by atoms with Crippen molar-refractivity contribution in [1.29, 1.82) is 0 Å². The molecule has 0 aliphatic carbocycles. The molecule has 0 N–H and O–H groups in total. The van der Waals surface area contributed by atoms with Crippen molar-refractivity contribution in [3.63, 3.8) is 0 Å². The summed E-state index contributed by atoms with van der Waals surface area (Å²) in [7, 11) is 1.60. The van der Waals surface area contributed by atoms with Crippen molar-refractivity contribution in [2.75, 3.05) is 38.2 Å². The van der Waals surface area contributed by atoms with Gasteiger partial charge in [-0.1, -0.05) is 6.07 Å². The molecule has 27 heavy (non-hydrogen) atoms. The third-order valence-electron chi connectivity index (χ3n) is 4.80. The highest BCUT2D eigenvalue weighted by atomic mass is 19.1. The molecule has 4 rings (SSSR count). The van der Waals surface area contributed by atoms with E-state index in [0.29, 0.717) is 48.5 Å². The molecule has 1 fully saturated rings. The highest BCUT2D eigenvalue weighted by Crippen LogP contribution is 2.25. The highest BCUT2D eigenvalue weighted by Gasteiger charge is 2.24. The number of piperazine rings is 1. The van der Waals surface area contributed by atoms with Gasteiger partial charge in [0.1, 0.15) is 29.2 Å². The predicted molar refractivity (Wildman–Crippen MR) is 101 cm³/mol. The van der Waals surface area contributed by atoms with Crippen LogP contribution in [-0.2, 0) is 0 Å². The van der Waals surface area contributed by atoms with E-state index in [9.17, 15) is 9.18 Å². The van der Waals surface area contributed by atoms with Crippen molar-refractivity contribution in [3.8, 4) is 5.75 Å². The lowest BCUT2D eigenvalue weighted by Gasteiger charge is -2.35. The van der Waals surface area contributed by atoms with Crippen molar-refractivity contribution < 1.29 is 13.9 Å². The minimum Gasteiger partial charge on any atom is -0.497 e. The van der Waals surface area contributed by atoms with Gasteiger partial charge in [-0.15, -0.1) is 0 Å². The van der Waals surface area contributed by atoms with E-state index >= 15 is 0 Å². The van der Waals surface area contributed by atoms with Gasteiger partial charge in [0.2, 0.25) is 0 Å². The van der Waals surface area contributed by atoms with E-state index < -0.39 is 0 Å². The lowest BCUT2D eigenvalue weighted by atomic mass is 10.1. The SMILES string of the molecule is COc1ccc(C(=O)N2CCN(c3ncnc4c(F)cccc34)CC2)cc1. The van der Waals surface area contributed by atoms with E-state index in [2.05, 4.69) is 14.9 Å². The van der Waals surface area contributed by atoms with E-state index in [0.717, 1.165) is 5.75 Å². The number of aromatic nitrogens is 2. The summed E-state index contributed by atoms with van der Waals surface area (Å²) in [5, 5.41) is 0.687. The molecule has 3 aromatic rings. The summed E-state index contributed by atoms with van der Waals surface area (Å²) in [5.74, 6) is 1.07. The van der Waals surface area contributed by atoms with Crippen LogP contribution >= 0.6 is 0 Å². The second-order valence-corrected chi connectivity index (χ2v) is 6.34. The molecule has 0 spiro atoms. The van der Waals surface area contributed by atoms with Gasteiger partial charge >= 0.3 is 0 Å². The van der Waals surface area contributed by atoms with E-state index in [1.54, 1.807) is 37.4 Å². The number of para-hydroxylation sites is 1. The molecule has 1 aromatic heterocycles. The second kappa shape index (κ2) is 7.19. The Labute approximate surface area is 156 Å². The lowest BCUT2D eigenvalue weighted by Crippen LogP contribution is -2.49. The molecule has 0 unspecified atom stereocenters. The smallest absolute Gasteiger partial charge is 0.253 e. The van der Waals surface area contributed by atoms with Crippen molar-refractivity contribution in [1.82, 2.24) is 14.9 Å². The van der Waals surface area contributed by atoms with Gasteiger partial charge < -0.3 is 14.5 Å². The van der Waals surface area contributed by atoms with Gasteiger partial charge in [-0.3, -0.25) is 4.79 Å². The fourth-order valence-corrected chi connectivity index (χ4v) is 3.33. The van der Waals surface area contributed by atoms with Crippen LogP contribution in [0.15, 0.2) is 48.8 Å². The molecular weight excluding hydrogens is 347 g/mol. The molecule has 1 amide bonds. The van der Waals surface area contributed by atoms with Crippen LogP contribution in [0.4, 0.5) is 10.2 Å². The largest absolute Gasteiger partial charge is 0.497 e. The van der Waals surface area contributed by atoms with Crippen molar-refractivity contribution in [2.45, 2.75) is 0 Å². The van der Waals surface area contributed by atoms with Crippen molar-refractivity contribution in [3.05, 3.63) is 60.2 Å². The first-order chi connectivity index (χ1) is 13.2. The number of ether oxygens (including phenoxy) is 1. The first kappa shape index (κ1) is 17.2. The molecule has 1 aliphatic rings. The Kier molecular flexibility index (Phi) is 4.58. The molecule has 2 aromatic carbocycles. The number of methoxy groups -OCH3 is 1. The van der Waals surface area contributed by atoms with Crippen LogP contribution in [0, 0.1) is 5.82 Å². The fraction of sp³-hybridized carbons (Fsp3) is 0.250. The average molecular weight is 366 g/mol. The Balaban J connectivity index is 1.49. The monoisotopic (exact) mass is 366 g/mol. The molecule has 138 valence electrons. The van der Waals surface area contributed by atoms with Crippen LogP contribution < -0.4 is 9.64 Å². The van der Waals surface area contributed by atoms with Crippen LogP contribution in [-0.4, -0.2) is 54.1 Å². The number of carbonyl (C=O) groups is 1. The Morgan fingerprint density at radius 1 is 1.04 bits per heavy atom. The standard InChI is InChI=1S/C20H19FN4O2/c1-27-15-7-5-14(6-8-15)20(26)25-11-9-24(10-12-25)19-16-3-2-4-17(21)18(16)22-13-23-19/h2-8,13H,9-12H2,1H3. The second-order valence-electron chi connectivity index (χ2n) is 6.34. The van der Waals surface area contributed by atoms with Gasteiger partial charge in [-0.05, 0) is 36.4 Å². The van der Waals surface area contributed by atoms with Gasteiger partial charge in [-0.25, -0.2) is 14.4 Å². The third kappa shape index (κ3) is 3.28. The first-order valence-electron chi connectivity index (χ1n) is 8.75. The number of amides is 1. The van der Waals surface area contributed by atoms with E-state index in [4.69, 9.17) is 4.74 Å². The van der Waals surface area contributed by atoms with Crippen LogP contribution in [0.2, 0.25) is 0 Å². The maximum Gasteiger partial charge on any atom is 0.253 e. The van der Waals surface area contributed by atoms with E-state index in [-0.39, 0.29) is 11.7 Å². The predicted octanol–water partition coefficient (Wildman–Crippen LogP) is 2.74. The number of hydrogen-bond donors (Lipinski definition) is 0. The summed E-state index contributed by atoms with van der Waals surface area (Å²) >= 11 is 0. The van der Waals surface area contributed by atoms with Gasteiger partial charge in [-0.2, -0.15) is 0 Å². The van der Waals surface area contributed by atoms with Crippen LogP contribution in [0.5, 0.6) is 5.75 Å². The Morgan fingerprint density at radius 2 is 1.78 bits per heavy atom. The maximum atomic E-state index is 14.0. The number of anilines is 1. The zero-order valence-corrected chi connectivity index (χ0v) is 14.9. The van der Waals surface area contributed by atoms with Gasteiger partial charge in [0, 0.05) is 37.1 Å². The summed E-state index contributed by atoms with van der Waals surface area (Å²) in [5.41, 5.74) is 0.957. The minimum atomic E-state index is -0.357. The number of benzene rings is 2. The first-order valence-corrected chi connectivity index (χ1v) is 8.75. The summed E-state index contributed by atoms with van der Waals surface area (Å²) in [6, 6.07) is 12.0. The van der Waals surface area contributed by atoms with E-state index in [1.807, 2.05) is 11.0 Å². The molecule has 2 heterocycles. The Morgan fingerprint density at radius 3 is 2.48 bits per heavy atom. The topological polar surface area (TPSA) is 58.6 Å². The highest BCUT2D eigenvalue weighted by molar-refractivity contribution is 5.94. The fourth-order valence-electron chi connectivity index (χ4n) is 3.33. The Bertz CT molecular complexity index is 969. The summed E-state index contributed by atoms with van der Waals surface area (Å²) in [6.07, 6.45) is 1.38. The minimum absolute atomic E-state index is 0.00380. The molecule has 0 atom stereocenters. The summed E-state index contributed by atoms with van der Waals surface area (Å²) in [4.78, 5) is 25.0. The van der Waals surface area contributed by atoms with Gasteiger partial charge in [0.15, 0.2) is 0 Å². The number of fused-ring (bicyclic) bond motifs is 1. The summed E-state index contributed by atoms with van der Waals surface area (Å²) in [6.45, 7) is 2.41. The Hall–Kier alpha value is -3.22. The number of nitrogens with zero attached hydrogens (tertiary/aromatic N) is 4. The van der Waals surface area contributed by atoms with Gasteiger partial charge in [0.25, 0.3) is 5.91 Å². The molecule has 0 radical (unpaired) electrons. The zero-order valence-electron chi connectivity index (χ0n) is 14.9. The third-order valence-corrected chi connectivity index (χ3v) is 4.80. The van der Waals surface area contributed by atoms with Gasteiger partial charge in [0.05, 0.1) is 7.11 Å². The number of rotatable bonds is 3. The average Bonchev–Trinajstić information content (AvgIpc) is 2.73. The maximum absolute atomic E-state index is 14.0. The molecule has 0 saturated carbocycles.